The maximum atomic E-state index is 10.3. The van der Waals surface area contributed by atoms with Gasteiger partial charge in [0.2, 0.25) is 0 Å². The van der Waals surface area contributed by atoms with Gasteiger partial charge in [-0.3, -0.25) is 0 Å². The Morgan fingerprint density at radius 2 is 2.27 bits per heavy atom. The summed E-state index contributed by atoms with van der Waals surface area (Å²) in [6, 6.07) is 7.47. The van der Waals surface area contributed by atoms with E-state index >= 15 is 0 Å². The predicted octanol–water partition coefficient (Wildman–Crippen LogP) is 1.64. The number of aromatic nitrogens is 1. The van der Waals surface area contributed by atoms with Crippen LogP contribution in [0.3, 0.4) is 0 Å². The molecule has 78 valence electrons. The van der Waals surface area contributed by atoms with Crippen LogP contribution in [0.5, 0.6) is 5.75 Å². The van der Waals surface area contributed by atoms with Crippen LogP contribution < -0.4 is 4.74 Å². The van der Waals surface area contributed by atoms with E-state index in [0.717, 1.165) is 10.9 Å². The molecule has 0 atom stereocenters. The number of aryl methyl sites for hydroxylation is 1. The number of carboxylic acids is 1. The standard InChI is InChI=1S/C11H11NO3/c1-12-5-4-8-6-9(2-3-10(8)12)15-7-11(13)14/h2-6H,7H2,1H3,(H,13,14). The summed E-state index contributed by atoms with van der Waals surface area (Å²) in [6.45, 7) is -0.307. The Morgan fingerprint density at radius 3 is 3.00 bits per heavy atom. The minimum Gasteiger partial charge on any atom is -0.482 e. The van der Waals surface area contributed by atoms with Crippen LogP contribution in [-0.2, 0) is 11.8 Å². The number of benzene rings is 1. The largest absolute Gasteiger partial charge is 0.482 e. The molecule has 0 aliphatic carbocycles. The van der Waals surface area contributed by atoms with Crippen molar-refractivity contribution in [3.63, 3.8) is 0 Å². The normalized spacial score (nSPS) is 10.5. The van der Waals surface area contributed by atoms with Gasteiger partial charge in [0.15, 0.2) is 6.61 Å². The predicted molar refractivity (Wildman–Crippen MR) is 56.0 cm³/mol. The lowest BCUT2D eigenvalue weighted by Crippen LogP contribution is -2.09. The zero-order valence-electron chi connectivity index (χ0n) is 8.30. The number of rotatable bonds is 3. The lowest BCUT2D eigenvalue weighted by atomic mass is 10.2. The van der Waals surface area contributed by atoms with Crippen molar-refractivity contribution in [2.24, 2.45) is 7.05 Å². The van der Waals surface area contributed by atoms with Crippen molar-refractivity contribution in [1.82, 2.24) is 4.57 Å². The summed E-state index contributed by atoms with van der Waals surface area (Å²) in [4.78, 5) is 10.3. The van der Waals surface area contributed by atoms with Gasteiger partial charge in [0.25, 0.3) is 0 Å². The van der Waals surface area contributed by atoms with Gasteiger partial charge >= 0.3 is 5.97 Å². The van der Waals surface area contributed by atoms with Gasteiger partial charge in [0.1, 0.15) is 5.75 Å². The van der Waals surface area contributed by atoms with Gasteiger partial charge in [-0.15, -0.1) is 0 Å². The number of carbonyl (C=O) groups is 1. The van der Waals surface area contributed by atoms with Crippen LogP contribution in [0.15, 0.2) is 30.5 Å². The smallest absolute Gasteiger partial charge is 0.341 e. The van der Waals surface area contributed by atoms with E-state index in [1.54, 1.807) is 6.07 Å². The highest BCUT2D eigenvalue weighted by atomic mass is 16.5. The maximum absolute atomic E-state index is 10.3. The van der Waals surface area contributed by atoms with Gasteiger partial charge in [-0.25, -0.2) is 4.79 Å². The van der Waals surface area contributed by atoms with Crippen molar-refractivity contribution in [3.8, 4) is 5.75 Å². The molecule has 0 aliphatic heterocycles. The Kier molecular flexibility index (Phi) is 2.33. The second kappa shape index (κ2) is 3.65. The maximum Gasteiger partial charge on any atom is 0.341 e. The first kappa shape index (κ1) is 9.58. The second-order valence-corrected chi connectivity index (χ2v) is 3.33. The Hall–Kier alpha value is -1.97. The van der Waals surface area contributed by atoms with E-state index in [0.29, 0.717) is 5.75 Å². The van der Waals surface area contributed by atoms with E-state index in [1.165, 1.54) is 0 Å². The van der Waals surface area contributed by atoms with Crippen LogP contribution in [0.25, 0.3) is 10.9 Å². The van der Waals surface area contributed by atoms with Gasteiger partial charge in [-0.2, -0.15) is 0 Å². The lowest BCUT2D eigenvalue weighted by Gasteiger charge is -2.03. The second-order valence-electron chi connectivity index (χ2n) is 3.33. The molecule has 0 radical (unpaired) electrons. The van der Waals surface area contributed by atoms with Crippen molar-refractivity contribution in [2.75, 3.05) is 6.61 Å². The highest BCUT2D eigenvalue weighted by Gasteiger charge is 2.02. The Bertz CT molecular complexity index is 502. The van der Waals surface area contributed by atoms with Crippen LogP contribution in [0.1, 0.15) is 0 Å². The Balaban J connectivity index is 2.27. The molecule has 0 saturated heterocycles. The monoisotopic (exact) mass is 205 g/mol. The van der Waals surface area contributed by atoms with Gasteiger partial charge in [-0.1, -0.05) is 0 Å². The fourth-order valence-electron chi connectivity index (χ4n) is 1.49. The van der Waals surface area contributed by atoms with Gasteiger partial charge < -0.3 is 14.4 Å². The molecule has 0 saturated carbocycles. The molecule has 0 aliphatic rings. The van der Waals surface area contributed by atoms with E-state index in [1.807, 2.05) is 36.0 Å². The first-order chi connectivity index (χ1) is 7.16. The highest BCUT2D eigenvalue weighted by molar-refractivity contribution is 5.81. The average Bonchev–Trinajstić information content (AvgIpc) is 2.57. The number of aliphatic carboxylic acids is 1. The first-order valence-corrected chi connectivity index (χ1v) is 4.56. The van der Waals surface area contributed by atoms with Gasteiger partial charge in [0, 0.05) is 24.1 Å². The number of ether oxygens (including phenoxy) is 1. The summed E-state index contributed by atoms with van der Waals surface area (Å²) < 4.78 is 7.07. The molecule has 0 fully saturated rings. The molecule has 4 nitrogen and oxygen atoms in total. The fraction of sp³-hybridized carbons (Fsp3) is 0.182. The molecule has 0 amide bonds. The van der Waals surface area contributed by atoms with Crippen LogP contribution >= 0.6 is 0 Å². The van der Waals surface area contributed by atoms with Crippen LogP contribution in [0.2, 0.25) is 0 Å². The van der Waals surface area contributed by atoms with E-state index in [4.69, 9.17) is 9.84 Å². The lowest BCUT2D eigenvalue weighted by molar-refractivity contribution is -0.139. The van der Waals surface area contributed by atoms with Crippen LogP contribution in [-0.4, -0.2) is 22.2 Å². The highest BCUT2D eigenvalue weighted by Crippen LogP contribution is 2.21. The number of fused-ring (bicyclic) bond motifs is 1. The number of hydrogen-bond donors (Lipinski definition) is 1. The van der Waals surface area contributed by atoms with E-state index in [2.05, 4.69) is 0 Å². The molecule has 2 rings (SSSR count). The van der Waals surface area contributed by atoms with Crippen molar-refractivity contribution in [3.05, 3.63) is 30.5 Å². The van der Waals surface area contributed by atoms with Crippen molar-refractivity contribution < 1.29 is 14.6 Å². The summed E-state index contributed by atoms with van der Waals surface area (Å²) in [5.74, 6) is -0.390. The third-order valence-corrected chi connectivity index (χ3v) is 2.22. The molecule has 1 aromatic carbocycles. The van der Waals surface area contributed by atoms with E-state index in [-0.39, 0.29) is 6.61 Å². The molecular weight excluding hydrogens is 194 g/mol. The molecule has 15 heavy (non-hydrogen) atoms. The van der Waals surface area contributed by atoms with Crippen LogP contribution in [0.4, 0.5) is 0 Å². The molecular formula is C11H11NO3. The molecule has 0 spiro atoms. The van der Waals surface area contributed by atoms with Crippen molar-refractivity contribution in [2.45, 2.75) is 0 Å². The summed E-state index contributed by atoms with van der Waals surface area (Å²) >= 11 is 0. The fourth-order valence-corrected chi connectivity index (χ4v) is 1.49. The van der Waals surface area contributed by atoms with Crippen molar-refractivity contribution >= 4 is 16.9 Å². The minimum absolute atomic E-state index is 0.307. The summed E-state index contributed by atoms with van der Waals surface area (Å²) in [5, 5.41) is 9.51. The molecule has 1 aromatic heterocycles. The zero-order chi connectivity index (χ0) is 10.8. The minimum atomic E-state index is -0.969. The third kappa shape index (κ3) is 1.93. The average molecular weight is 205 g/mol. The van der Waals surface area contributed by atoms with Crippen LogP contribution in [0, 0.1) is 0 Å². The zero-order valence-corrected chi connectivity index (χ0v) is 8.30. The first-order valence-electron chi connectivity index (χ1n) is 4.56. The summed E-state index contributed by atoms with van der Waals surface area (Å²) in [6.07, 6.45) is 1.95. The van der Waals surface area contributed by atoms with Gasteiger partial charge in [0.05, 0.1) is 0 Å². The molecule has 2 aromatic rings. The Labute approximate surface area is 86.7 Å². The van der Waals surface area contributed by atoms with E-state index in [9.17, 15) is 4.79 Å². The molecule has 0 bridgehead atoms. The number of nitrogens with zero attached hydrogens (tertiary/aromatic N) is 1. The molecule has 1 N–H and O–H groups in total. The third-order valence-electron chi connectivity index (χ3n) is 2.22. The summed E-state index contributed by atoms with van der Waals surface area (Å²) in [7, 11) is 1.96. The summed E-state index contributed by atoms with van der Waals surface area (Å²) in [5.41, 5.74) is 1.10. The number of carboxylic acid groups (broad SMARTS) is 1. The Morgan fingerprint density at radius 1 is 1.47 bits per heavy atom. The molecule has 1 heterocycles. The quantitative estimate of drug-likeness (QED) is 0.828. The molecule has 0 unspecified atom stereocenters. The molecule has 4 heteroatoms. The van der Waals surface area contributed by atoms with Gasteiger partial charge in [-0.05, 0) is 24.3 Å². The van der Waals surface area contributed by atoms with E-state index < -0.39 is 5.97 Å². The SMILES string of the molecule is Cn1ccc2cc(OCC(=O)O)ccc21. The number of hydrogen-bond acceptors (Lipinski definition) is 2. The topological polar surface area (TPSA) is 51.5 Å². The van der Waals surface area contributed by atoms with Crippen molar-refractivity contribution in [1.29, 1.82) is 0 Å².